The van der Waals surface area contributed by atoms with Crippen molar-refractivity contribution in [2.45, 2.75) is 18.7 Å². The molecule has 0 unspecified atom stereocenters. The lowest BCUT2D eigenvalue weighted by Gasteiger charge is -2.13. The summed E-state index contributed by atoms with van der Waals surface area (Å²) in [5, 5.41) is 5.50. The van der Waals surface area contributed by atoms with Gasteiger partial charge in [0.2, 0.25) is 10.0 Å². The van der Waals surface area contributed by atoms with Gasteiger partial charge in [-0.25, -0.2) is 13.1 Å². The maximum atomic E-state index is 12.7. The molecule has 0 aromatic heterocycles. The van der Waals surface area contributed by atoms with E-state index in [-0.39, 0.29) is 22.9 Å². The molecule has 8 heteroatoms. The molecule has 0 atom stereocenters. The fourth-order valence-corrected chi connectivity index (χ4v) is 3.48. The van der Waals surface area contributed by atoms with E-state index in [0.29, 0.717) is 23.7 Å². The van der Waals surface area contributed by atoms with Crippen molar-refractivity contribution in [3.05, 3.63) is 72.3 Å². The van der Waals surface area contributed by atoms with Crippen molar-refractivity contribution in [2.75, 3.05) is 18.4 Å². The molecule has 154 valence electrons. The molecule has 2 aromatic rings. The van der Waals surface area contributed by atoms with E-state index in [1.54, 1.807) is 24.3 Å². The topological polar surface area (TPSA) is 104 Å². The van der Waals surface area contributed by atoms with Crippen LogP contribution in [0.15, 0.2) is 66.1 Å². The van der Waals surface area contributed by atoms with Gasteiger partial charge < -0.3 is 10.6 Å². The Balaban J connectivity index is 2.22. The summed E-state index contributed by atoms with van der Waals surface area (Å²) in [5.74, 6) is -0.519. The van der Waals surface area contributed by atoms with Crippen molar-refractivity contribution < 1.29 is 18.0 Å². The number of amides is 2. The first kappa shape index (κ1) is 22.3. The summed E-state index contributed by atoms with van der Waals surface area (Å²) in [5.41, 5.74) is 0.832. The summed E-state index contributed by atoms with van der Waals surface area (Å²) in [6.07, 6.45) is 1.43. The number of hydrogen-bond donors (Lipinski definition) is 3. The minimum atomic E-state index is -3.75. The average molecular weight is 416 g/mol. The van der Waals surface area contributed by atoms with Crippen LogP contribution in [0, 0.1) is 5.92 Å². The van der Waals surface area contributed by atoms with E-state index in [0.717, 1.165) is 0 Å². The number of benzene rings is 2. The second-order valence-electron chi connectivity index (χ2n) is 6.77. The Morgan fingerprint density at radius 3 is 2.48 bits per heavy atom. The number of para-hydroxylation sites is 1. The third-order valence-electron chi connectivity index (χ3n) is 3.91. The number of rotatable bonds is 9. The first-order valence-electron chi connectivity index (χ1n) is 9.14. The van der Waals surface area contributed by atoms with Crippen LogP contribution in [-0.4, -0.2) is 33.3 Å². The van der Waals surface area contributed by atoms with E-state index in [1.807, 2.05) is 13.8 Å². The normalized spacial score (nSPS) is 11.1. The van der Waals surface area contributed by atoms with Crippen LogP contribution in [0.25, 0.3) is 0 Å². The van der Waals surface area contributed by atoms with Crippen LogP contribution in [0.2, 0.25) is 0 Å². The second kappa shape index (κ2) is 9.99. The van der Waals surface area contributed by atoms with Crippen LogP contribution in [0.5, 0.6) is 0 Å². The molecular formula is C21H25N3O4S. The zero-order valence-electron chi connectivity index (χ0n) is 16.4. The molecule has 3 N–H and O–H groups in total. The standard InChI is InChI=1S/C21H25N3O4S/c1-4-12-23-29(27,28)17-9-7-8-16(13-17)20(25)24-19-11-6-5-10-18(19)21(26)22-14-15(2)3/h4-11,13,15,23H,1,12,14H2,2-3H3,(H,22,26)(H,24,25). The van der Waals surface area contributed by atoms with Crippen molar-refractivity contribution in [3.63, 3.8) is 0 Å². The third kappa shape index (κ3) is 6.27. The predicted molar refractivity (Wildman–Crippen MR) is 113 cm³/mol. The van der Waals surface area contributed by atoms with Gasteiger partial charge in [-0.3, -0.25) is 9.59 Å². The molecule has 7 nitrogen and oxygen atoms in total. The predicted octanol–water partition coefficient (Wildman–Crippen LogP) is 2.79. The van der Waals surface area contributed by atoms with E-state index >= 15 is 0 Å². The van der Waals surface area contributed by atoms with E-state index in [1.165, 1.54) is 30.3 Å². The maximum absolute atomic E-state index is 12.7. The summed E-state index contributed by atoms with van der Waals surface area (Å²) in [7, 11) is -3.75. The van der Waals surface area contributed by atoms with Crippen molar-refractivity contribution in [1.29, 1.82) is 0 Å². The van der Waals surface area contributed by atoms with Crippen LogP contribution >= 0.6 is 0 Å². The van der Waals surface area contributed by atoms with Gasteiger partial charge in [0.15, 0.2) is 0 Å². The monoisotopic (exact) mass is 415 g/mol. The second-order valence-corrected chi connectivity index (χ2v) is 8.54. The van der Waals surface area contributed by atoms with Gasteiger partial charge in [-0.1, -0.05) is 38.1 Å². The molecule has 0 aliphatic carbocycles. The third-order valence-corrected chi connectivity index (χ3v) is 5.34. The number of anilines is 1. The summed E-state index contributed by atoms with van der Waals surface area (Å²) in [6.45, 7) is 8.04. The summed E-state index contributed by atoms with van der Waals surface area (Å²) in [4.78, 5) is 25.1. The fraction of sp³-hybridized carbons (Fsp3) is 0.238. The highest BCUT2D eigenvalue weighted by atomic mass is 32.2. The molecule has 2 rings (SSSR count). The first-order chi connectivity index (χ1) is 13.7. The molecule has 0 aliphatic heterocycles. The SMILES string of the molecule is C=CCNS(=O)(=O)c1cccc(C(=O)Nc2ccccc2C(=O)NCC(C)C)c1. The highest BCUT2D eigenvalue weighted by molar-refractivity contribution is 7.89. The Morgan fingerprint density at radius 1 is 1.07 bits per heavy atom. The Labute approximate surface area is 171 Å². The zero-order chi connectivity index (χ0) is 21.4. The molecule has 2 amide bonds. The average Bonchev–Trinajstić information content (AvgIpc) is 2.71. The van der Waals surface area contributed by atoms with Crippen molar-refractivity contribution in [2.24, 2.45) is 5.92 Å². The van der Waals surface area contributed by atoms with Crippen molar-refractivity contribution in [3.8, 4) is 0 Å². The molecule has 29 heavy (non-hydrogen) atoms. The summed E-state index contributed by atoms with van der Waals surface area (Å²) < 4.78 is 26.9. The molecule has 0 aliphatic rings. The number of nitrogens with one attached hydrogen (secondary N) is 3. The minimum Gasteiger partial charge on any atom is -0.352 e. The summed E-state index contributed by atoms with van der Waals surface area (Å²) in [6, 6.07) is 12.3. The lowest BCUT2D eigenvalue weighted by Crippen LogP contribution is -2.28. The van der Waals surface area contributed by atoms with Gasteiger partial charge in [-0.15, -0.1) is 6.58 Å². The molecule has 0 fully saturated rings. The zero-order valence-corrected chi connectivity index (χ0v) is 17.3. The number of carbonyl (C=O) groups is 2. The van der Waals surface area contributed by atoms with Gasteiger partial charge in [0.1, 0.15) is 0 Å². The van der Waals surface area contributed by atoms with Crippen molar-refractivity contribution in [1.82, 2.24) is 10.0 Å². The van der Waals surface area contributed by atoms with Crippen LogP contribution < -0.4 is 15.4 Å². The molecule has 0 heterocycles. The lowest BCUT2D eigenvalue weighted by atomic mass is 10.1. The Bertz CT molecular complexity index is 1000. The van der Waals surface area contributed by atoms with Gasteiger partial charge in [-0.05, 0) is 36.2 Å². The maximum Gasteiger partial charge on any atom is 0.255 e. The van der Waals surface area contributed by atoms with Crippen LogP contribution in [0.1, 0.15) is 34.6 Å². The van der Waals surface area contributed by atoms with E-state index in [2.05, 4.69) is 21.9 Å². The van der Waals surface area contributed by atoms with Gasteiger partial charge in [0, 0.05) is 18.7 Å². The fourth-order valence-electron chi connectivity index (χ4n) is 2.43. The number of carbonyl (C=O) groups excluding carboxylic acids is 2. The van der Waals surface area contributed by atoms with Crippen LogP contribution in [0.3, 0.4) is 0 Å². The lowest BCUT2D eigenvalue weighted by molar-refractivity contribution is 0.0950. The molecular weight excluding hydrogens is 390 g/mol. The van der Waals surface area contributed by atoms with E-state index in [4.69, 9.17) is 0 Å². The Kier molecular flexibility index (Phi) is 7.69. The van der Waals surface area contributed by atoms with Crippen LogP contribution in [-0.2, 0) is 10.0 Å². The molecule has 0 spiro atoms. The molecule has 0 saturated heterocycles. The molecule has 0 radical (unpaired) electrons. The highest BCUT2D eigenvalue weighted by Gasteiger charge is 2.17. The highest BCUT2D eigenvalue weighted by Crippen LogP contribution is 2.18. The van der Waals surface area contributed by atoms with E-state index < -0.39 is 15.9 Å². The summed E-state index contributed by atoms with van der Waals surface area (Å²) >= 11 is 0. The number of hydrogen-bond acceptors (Lipinski definition) is 4. The Morgan fingerprint density at radius 2 is 1.79 bits per heavy atom. The van der Waals surface area contributed by atoms with Gasteiger partial charge in [-0.2, -0.15) is 0 Å². The molecule has 2 aromatic carbocycles. The first-order valence-corrected chi connectivity index (χ1v) is 10.6. The van der Waals surface area contributed by atoms with Gasteiger partial charge in [0.25, 0.3) is 11.8 Å². The molecule has 0 bridgehead atoms. The van der Waals surface area contributed by atoms with Crippen LogP contribution in [0.4, 0.5) is 5.69 Å². The van der Waals surface area contributed by atoms with Gasteiger partial charge >= 0.3 is 0 Å². The Hall–Kier alpha value is -2.97. The molecule has 0 saturated carbocycles. The smallest absolute Gasteiger partial charge is 0.255 e. The van der Waals surface area contributed by atoms with Gasteiger partial charge in [0.05, 0.1) is 16.1 Å². The van der Waals surface area contributed by atoms with E-state index in [9.17, 15) is 18.0 Å². The minimum absolute atomic E-state index is 0.0324. The largest absolute Gasteiger partial charge is 0.352 e. The number of sulfonamides is 1. The van der Waals surface area contributed by atoms with Crippen molar-refractivity contribution >= 4 is 27.5 Å². The quantitative estimate of drug-likeness (QED) is 0.548.